The lowest BCUT2D eigenvalue weighted by molar-refractivity contribution is -0.154. The van der Waals surface area contributed by atoms with Crippen molar-refractivity contribution in [2.24, 2.45) is 5.41 Å². The van der Waals surface area contributed by atoms with Crippen LogP contribution in [0, 0.1) is 5.41 Å². The van der Waals surface area contributed by atoms with Crippen molar-refractivity contribution in [2.45, 2.75) is 32.2 Å². The van der Waals surface area contributed by atoms with Crippen LogP contribution in [0.15, 0.2) is 42.6 Å². The van der Waals surface area contributed by atoms with E-state index in [0.717, 1.165) is 38.2 Å². The lowest BCUT2D eigenvalue weighted by Crippen LogP contribution is -2.44. The Balaban J connectivity index is 2.60. The summed E-state index contributed by atoms with van der Waals surface area (Å²) >= 11 is 0. The second kappa shape index (κ2) is 7.96. The molecule has 1 heterocycles. The molecule has 2 aromatic rings. The Labute approximate surface area is 166 Å². The number of carboxylic acid groups (broad SMARTS) is 1. The highest BCUT2D eigenvalue weighted by Crippen LogP contribution is 2.37. The van der Waals surface area contributed by atoms with Crippen molar-refractivity contribution in [3.63, 3.8) is 0 Å². The Kier molecular flexibility index (Phi) is 6.15. The summed E-state index contributed by atoms with van der Waals surface area (Å²) in [5.41, 5.74) is -5.10. The maximum atomic E-state index is 13.4. The molecule has 11 heteroatoms. The zero-order valence-electron chi connectivity index (χ0n) is 15.6. The van der Waals surface area contributed by atoms with Crippen LogP contribution in [-0.4, -0.2) is 22.0 Å². The molecule has 0 saturated carbocycles. The second-order valence-electron chi connectivity index (χ2n) is 6.89. The standard InChI is InChI=1S/C19H16F6N2O3/c1-17(2,16(29)30)15(28)27-13(10-5-7-11(8-6-10)18(20,21)22)14-12(19(23,24)25)4-3-9-26-14/h3-9,13H,1-2H3,(H,27,28)(H,29,30)/t13-/m0/s1. The minimum absolute atomic E-state index is 0.137. The number of pyridine rings is 1. The van der Waals surface area contributed by atoms with E-state index >= 15 is 0 Å². The fraction of sp³-hybridized carbons (Fsp3) is 0.316. The molecule has 5 nitrogen and oxygen atoms in total. The summed E-state index contributed by atoms with van der Waals surface area (Å²) in [6.45, 7) is 2.08. The number of hydrogen-bond donors (Lipinski definition) is 2. The van der Waals surface area contributed by atoms with E-state index in [4.69, 9.17) is 0 Å². The highest BCUT2D eigenvalue weighted by Gasteiger charge is 2.41. The number of aromatic nitrogens is 1. The van der Waals surface area contributed by atoms with Crippen molar-refractivity contribution < 1.29 is 41.0 Å². The number of carboxylic acids is 1. The fourth-order valence-electron chi connectivity index (χ4n) is 2.47. The van der Waals surface area contributed by atoms with Crippen LogP contribution in [0.25, 0.3) is 0 Å². The number of amides is 1. The number of halogens is 6. The van der Waals surface area contributed by atoms with Gasteiger partial charge in [-0.3, -0.25) is 14.6 Å². The number of rotatable bonds is 5. The van der Waals surface area contributed by atoms with E-state index in [-0.39, 0.29) is 5.56 Å². The average Bonchev–Trinajstić information content (AvgIpc) is 2.64. The number of nitrogens with one attached hydrogen (secondary N) is 1. The van der Waals surface area contributed by atoms with Crippen molar-refractivity contribution in [2.75, 3.05) is 0 Å². The van der Waals surface area contributed by atoms with Crippen LogP contribution in [0.1, 0.15) is 42.3 Å². The molecule has 0 spiro atoms. The molecule has 2 N–H and O–H groups in total. The van der Waals surface area contributed by atoms with Gasteiger partial charge in [-0.1, -0.05) is 12.1 Å². The first-order valence-corrected chi connectivity index (χ1v) is 8.39. The first-order valence-electron chi connectivity index (χ1n) is 8.39. The summed E-state index contributed by atoms with van der Waals surface area (Å²) in [5.74, 6) is -2.68. The highest BCUT2D eigenvalue weighted by atomic mass is 19.4. The molecule has 0 unspecified atom stereocenters. The van der Waals surface area contributed by atoms with E-state index < -0.39 is 52.5 Å². The van der Waals surface area contributed by atoms with Crippen molar-refractivity contribution >= 4 is 11.9 Å². The van der Waals surface area contributed by atoms with Gasteiger partial charge in [0.1, 0.15) is 5.41 Å². The maximum absolute atomic E-state index is 13.4. The summed E-state index contributed by atoms with van der Waals surface area (Å²) in [5, 5.41) is 11.4. The lowest BCUT2D eigenvalue weighted by atomic mass is 9.90. The van der Waals surface area contributed by atoms with Crippen LogP contribution in [0.3, 0.4) is 0 Å². The van der Waals surface area contributed by atoms with E-state index in [0.29, 0.717) is 18.2 Å². The number of carbonyl (C=O) groups is 2. The monoisotopic (exact) mass is 434 g/mol. The van der Waals surface area contributed by atoms with Gasteiger partial charge in [-0.15, -0.1) is 0 Å². The zero-order chi connectivity index (χ0) is 22.9. The first-order chi connectivity index (χ1) is 13.7. The van der Waals surface area contributed by atoms with E-state index in [9.17, 15) is 41.0 Å². The first kappa shape index (κ1) is 23.2. The smallest absolute Gasteiger partial charge is 0.418 e. The molecule has 1 aromatic heterocycles. The molecule has 0 aliphatic carbocycles. The van der Waals surface area contributed by atoms with Gasteiger partial charge in [-0.25, -0.2) is 0 Å². The quantitative estimate of drug-likeness (QED) is 0.539. The molecule has 0 aliphatic heterocycles. The number of hydrogen-bond acceptors (Lipinski definition) is 3. The Morgan fingerprint density at radius 2 is 1.53 bits per heavy atom. The van der Waals surface area contributed by atoms with Crippen molar-refractivity contribution in [3.05, 3.63) is 65.0 Å². The van der Waals surface area contributed by atoms with Crippen molar-refractivity contribution in [3.8, 4) is 0 Å². The van der Waals surface area contributed by atoms with Crippen LogP contribution >= 0.6 is 0 Å². The van der Waals surface area contributed by atoms with E-state index in [1.165, 1.54) is 0 Å². The highest BCUT2D eigenvalue weighted by molar-refractivity contribution is 6.01. The van der Waals surface area contributed by atoms with Crippen LogP contribution < -0.4 is 5.32 Å². The molecule has 0 aliphatic rings. The molecule has 0 saturated heterocycles. The van der Waals surface area contributed by atoms with Crippen LogP contribution in [0.4, 0.5) is 26.3 Å². The predicted octanol–water partition coefficient (Wildman–Crippen LogP) is 4.44. The van der Waals surface area contributed by atoms with Gasteiger partial charge >= 0.3 is 18.3 Å². The largest absolute Gasteiger partial charge is 0.480 e. The fourth-order valence-corrected chi connectivity index (χ4v) is 2.47. The topological polar surface area (TPSA) is 79.3 Å². The molecular formula is C19H16F6N2O3. The number of alkyl halides is 6. The minimum Gasteiger partial charge on any atom is -0.480 e. The lowest BCUT2D eigenvalue weighted by Gasteiger charge is -2.26. The SMILES string of the molecule is CC(C)(C(=O)O)C(=O)N[C@@H](c1ccc(C(F)(F)F)cc1)c1ncccc1C(F)(F)F. The molecule has 2 rings (SSSR count). The molecule has 1 aromatic carbocycles. The number of benzene rings is 1. The number of carbonyl (C=O) groups excluding carboxylic acids is 1. The summed E-state index contributed by atoms with van der Waals surface area (Å²) in [4.78, 5) is 27.5. The van der Waals surface area contributed by atoms with Gasteiger partial charge in [0.05, 0.1) is 22.9 Å². The molecule has 1 atom stereocenters. The predicted molar refractivity (Wildman–Crippen MR) is 92.1 cm³/mol. The summed E-state index contributed by atoms with van der Waals surface area (Å²) in [7, 11) is 0. The zero-order valence-corrected chi connectivity index (χ0v) is 15.6. The molecule has 0 radical (unpaired) electrons. The normalized spacial score (nSPS) is 13.6. The van der Waals surface area contributed by atoms with Crippen LogP contribution in [0.5, 0.6) is 0 Å². The van der Waals surface area contributed by atoms with E-state index in [2.05, 4.69) is 10.3 Å². The van der Waals surface area contributed by atoms with Gasteiger partial charge in [0.25, 0.3) is 0 Å². The van der Waals surface area contributed by atoms with Crippen LogP contribution in [0.2, 0.25) is 0 Å². The van der Waals surface area contributed by atoms with Gasteiger partial charge in [0.2, 0.25) is 5.91 Å². The number of aliphatic carboxylic acids is 1. The third-order valence-electron chi connectivity index (χ3n) is 4.37. The van der Waals surface area contributed by atoms with Gasteiger partial charge in [-0.2, -0.15) is 26.3 Å². The van der Waals surface area contributed by atoms with E-state index in [1.807, 2.05) is 0 Å². The van der Waals surface area contributed by atoms with Gasteiger partial charge in [0, 0.05) is 6.20 Å². The maximum Gasteiger partial charge on any atom is 0.418 e. The Hall–Kier alpha value is -3.11. The molecular weight excluding hydrogens is 418 g/mol. The third kappa shape index (κ3) is 4.89. The van der Waals surface area contributed by atoms with E-state index in [1.54, 1.807) is 0 Å². The molecule has 0 fully saturated rings. The Morgan fingerprint density at radius 3 is 2.00 bits per heavy atom. The minimum atomic E-state index is -4.87. The third-order valence-corrected chi connectivity index (χ3v) is 4.37. The second-order valence-corrected chi connectivity index (χ2v) is 6.89. The van der Waals surface area contributed by atoms with Gasteiger partial charge in [0.15, 0.2) is 0 Å². The molecule has 0 bridgehead atoms. The molecule has 30 heavy (non-hydrogen) atoms. The van der Waals surface area contributed by atoms with Crippen LogP contribution in [-0.2, 0) is 21.9 Å². The van der Waals surface area contributed by atoms with Gasteiger partial charge < -0.3 is 10.4 Å². The summed E-state index contributed by atoms with van der Waals surface area (Å²) in [6.07, 6.45) is -8.53. The van der Waals surface area contributed by atoms with Crippen molar-refractivity contribution in [1.82, 2.24) is 10.3 Å². The van der Waals surface area contributed by atoms with Gasteiger partial charge in [-0.05, 0) is 43.7 Å². The Morgan fingerprint density at radius 1 is 0.967 bits per heavy atom. The van der Waals surface area contributed by atoms with Crippen molar-refractivity contribution in [1.29, 1.82) is 0 Å². The summed E-state index contributed by atoms with van der Waals surface area (Å²) in [6, 6.07) is 3.16. The average molecular weight is 434 g/mol. The number of nitrogens with zero attached hydrogens (tertiary/aromatic N) is 1. The molecule has 1 amide bonds. The summed E-state index contributed by atoms with van der Waals surface area (Å²) < 4.78 is 78.8. The Bertz CT molecular complexity index is 937. The molecule has 162 valence electrons.